The van der Waals surface area contributed by atoms with Gasteiger partial charge in [0, 0.05) is 9.13 Å². The number of nitrogens with zero attached hydrogens (tertiary/aromatic N) is 1. The van der Waals surface area contributed by atoms with Crippen LogP contribution in [0.2, 0.25) is 0 Å². The summed E-state index contributed by atoms with van der Waals surface area (Å²) in [6.07, 6.45) is 0. The predicted molar refractivity (Wildman–Crippen MR) is 87.5 cm³/mol. The van der Waals surface area contributed by atoms with Gasteiger partial charge in [-0.3, -0.25) is 4.79 Å². The van der Waals surface area contributed by atoms with E-state index in [0.29, 0.717) is 22.3 Å². The summed E-state index contributed by atoms with van der Waals surface area (Å²) in [4.78, 5) is 30.3. The molecule has 0 atom stereocenters. The second-order valence-electron chi connectivity index (χ2n) is 4.47. The Balaban J connectivity index is 2.25. The van der Waals surface area contributed by atoms with E-state index in [1.165, 1.54) is 6.07 Å². The van der Waals surface area contributed by atoms with Crippen molar-refractivity contribution in [2.24, 2.45) is 0 Å². The third-order valence-corrected chi connectivity index (χ3v) is 3.65. The normalized spacial score (nSPS) is 10.7. The van der Waals surface area contributed by atoms with E-state index in [4.69, 9.17) is 5.11 Å². The molecule has 0 amide bonds. The molecule has 0 aliphatic rings. The highest BCUT2D eigenvalue weighted by Gasteiger charge is 2.10. The molecule has 0 spiro atoms. The van der Waals surface area contributed by atoms with Crippen molar-refractivity contribution < 1.29 is 9.90 Å². The number of halogens is 1. The molecule has 21 heavy (non-hydrogen) atoms. The van der Waals surface area contributed by atoms with E-state index in [1.54, 1.807) is 36.4 Å². The number of fused-ring (bicyclic) bond motifs is 1. The minimum Gasteiger partial charge on any atom is -0.478 e. The molecule has 0 unspecified atom stereocenters. The van der Waals surface area contributed by atoms with Gasteiger partial charge in [-0.2, -0.15) is 0 Å². The number of aromatic amines is 1. The van der Waals surface area contributed by atoms with Crippen LogP contribution < -0.4 is 5.56 Å². The monoisotopic (exact) mass is 392 g/mol. The SMILES string of the molecule is O=C(O)c1cc(I)cc(-c2nc3ccccc3c(=O)[nH]2)c1. The van der Waals surface area contributed by atoms with Crippen molar-refractivity contribution in [3.8, 4) is 11.4 Å². The van der Waals surface area contributed by atoms with Crippen molar-refractivity contribution in [3.05, 3.63) is 62.0 Å². The minimum absolute atomic E-state index is 0.160. The van der Waals surface area contributed by atoms with Crippen LogP contribution >= 0.6 is 22.6 Å². The summed E-state index contributed by atoms with van der Waals surface area (Å²) in [5.41, 5.74) is 1.06. The second-order valence-corrected chi connectivity index (χ2v) is 5.71. The van der Waals surface area contributed by atoms with Crippen molar-refractivity contribution in [1.29, 1.82) is 0 Å². The average Bonchev–Trinajstić information content (AvgIpc) is 2.46. The topological polar surface area (TPSA) is 83.0 Å². The number of aromatic carboxylic acids is 1. The van der Waals surface area contributed by atoms with Gasteiger partial charge in [0.25, 0.3) is 5.56 Å². The van der Waals surface area contributed by atoms with Gasteiger partial charge >= 0.3 is 5.97 Å². The number of para-hydroxylation sites is 1. The number of nitrogens with one attached hydrogen (secondary N) is 1. The quantitative estimate of drug-likeness (QED) is 0.658. The van der Waals surface area contributed by atoms with Gasteiger partial charge in [-0.15, -0.1) is 0 Å². The smallest absolute Gasteiger partial charge is 0.335 e. The van der Waals surface area contributed by atoms with Crippen molar-refractivity contribution in [3.63, 3.8) is 0 Å². The van der Waals surface area contributed by atoms with Crippen LogP contribution in [0.1, 0.15) is 10.4 Å². The Labute approximate surface area is 132 Å². The molecule has 1 heterocycles. The minimum atomic E-state index is -1.02. The van der Waals surface area contributed by atoms with Crippen LogP contribution in [0.25, 0.3) is 22.3 Å². The first kappa shape index (κ1) is 13.7. The molecule has 3 aromatic rings. The van der Waals surface area contributed by atoms with Gasteiger partial charge in [-0.05, 0) is 52.9 Å². The largest absolute Gasteiger partial charge is 0.478 e. The van der Waals surface area contributed by atoms with E-state index in [9.17, 15) is 9.59 Å². The number of hydrogen-bond donors (Lipinski definition) is 2. The summed E-state index contributed by atoms with van der Waals surface area (Å²) in [5.74, 6) is -0.655. The highest BCUT2D eigenvalue weighted by molar-refractivity contribution is 14.1. The molecule has 0 saturated carbocycles. The Kier molecular flexibility index (Phi) is 3.46. The molecule has 0 aliphatic heterocycles. The van der Waals surface area contributed by atoms with E-state index in [1.807, 2.05) is 22.6 Å². The first-order chi connectivity index (χ1) is 10.0. The van der Waals surface area contributed by atoms with Crippen LogP contribution in [0.3, 0.4) is 0 Å². The fraction of sp³-hybridized carbons (Fsp3) is 0. The van der Waals surface area contributed by atoms with Crippen molar-refractivity contribution in [2.45, 2.75) is 0 Å². The molecule has 5 nitrogen and oxygen atoms in total. The lowest BCUT2D eigenvalue weighted by molar-refractivity contribution is 0.0697. The van der Waals surface area contributed by atoms with Gasteiger partial charge in [-0.25, -0.2) is 9.78 Å². The number of carboxylic acid groups (broad SMARTS) is 1. The molecule has 0 fully saturated rings. The summed E-state index contributed by atoms with van der Waals surface area (Å²) in [6, 6.07) is 11.9. The van der Waals surface area contributed by atoms with Crippen LogP contribution in [-0.4, -0.2) is 21.0 Å². The molecule has 0 saturated heterocycles. The summed E-state index contributed by atoms with van der Waals surface area (Å²) in [7, 11) is 0. The molecule has 0 radical (unpaired) electrons. The lowest BCUT2D eigenvalue weighted by Gasteiger charge is -2.05. The van der Waals surface area contributed by atoms with E-state index in [0.717, 1.165) is 3.57 Å². The lowest BCUT2D eigenvalue weighted by Crippen LogP contribution is -2.09. The Morgan fingerprint density at radius 2 is 1.95 bits per heavy atom. The number of carboxylic acids is 1. The Bertz CT molecular complexity index is 918. The number of rotatable bonds is 2. The molecule has 1 aromatic heterocycles. The highest BCUT2D eigenvalue weighted by Crippen LogP contribution is 2.21. The number of aromatic nitrogens is 2. The van der Waals surface area contributed by atoms with E-state index < -0.39 is 5.97 Å². The number of H-pyrrole nitrogens is 1. The first-order valence-electron chi connectivity index (χ1n) is 6.08. The number of carbonyl (C=O) groups is 1. The van der Waals surface area contributed by atoms with Crippen molar-refractivity contribution in [2.75, 3.05) is 0 Å². The number of benzene rings is 2. The molecule has 0 aliphatic carbocycles. The molecule has 104 valence electrons. The molecular weight excluding hydrogens is 383 g/mol. The zero-order valence-corrected chi connectivity index (χ0v) is 12.8. The maximum absolute atomic E-state index is 12.1. The summed E-state index contributed by atoms with van der Waals surface area (Å²) >= 11 is 2.03. The van der Waals surface area contributed by atoms with E-state index >= 15 is 0 Å². The van der Waals surface area contributed by atoms with E-state index in [2.05, 4.69) is 9.97 Å². The number of hydrogen-bond acceptors (Lipinski definition) is 3. The summed E-state index contributed by atoms with van der Waals surface area (Å²) < 4.78 is 0.762. The Hall–Kier alpha value is -2.22. The maximum Gasteiger partial charge on any atom is 0.335 e. The lowest BCUT2D eigenvalue weighted by atomic mass is 10.1. The molecule has 0 bridgehead atoms. The van der Waals surface area contributed by atoms with Gasteiger partial charge in [0.1, 0.15) is 5.82 Å². The first-order valence-corrected chi connectivity index (χ1v) is 7.16. The molecule has 2 N–H and O–H groups in total. The zero-order chi connectivity index (χ0) is 15.0. The zero-order valence-electron chi connectivity index (χ0n) is 10.6. The fourth-order valence-corrected chi connectivity index (χ4v) is 2.74. The highest BCUT2D eigenvalue weighted by atomic mass is 127. The van der Waals surface area contributed by atoms with Crippen molar-refractivity contribution in [1.82, 2.24) is 9.97 Å². The fourth-order valence-electron chi connectivity index (χ4n) is 2.07. The van der Waals surface area contributed by atoms with Gasteiger partial charge in [0.2, 0.25) is 0 Å². The molecule has 2 aromatic carbocycles. The molecule has 3 rings (SSSR count). The van der Waals surface area contributed by atoms with Crippen LogP contribution in [0, 0.1) is 3.57 Å². The van der Waals surface area contributed by atoms with E-state index in [-0.39, 0.29) is 11.1 Å². The van der Waals surface area contributed by atoms with Crippen LogP contribution in [0.5, 0.6) is 0 Å². The van der Waals surface area contributed by atoms with Crippen LogP contribution in [0.15, 0.2) is 47.3 Å². The van der Waals surface area contributed by atoms with Gasteiger partial charge in [0.15, 0.2) is 0 Å². The summed E-state index contributed by atoms with van der Waals surface area (Å²) in [6.45, 7) is 0. The third-order valence-electron chi connectivity index (χ3n) is 3.03. The van der Waals surface area contributed by atoms with Crippen LogP contribution in [0.4, 0.5) is 0 Å². The molecular formula is C15H9IN2O3. The maximum atomic E-state index is 12.1. The average molecular weight is 392 g/mol. The Morgan fingerprint density at radius 1 is 1.19 bits per heavy atom. The van der Waals surface area contributed by atoms with Gasteiger partial charge in [-0.1, -0.05) is 12.1 Å². The van der Waals surface area contributed by atoms with Crippen LogP contribution in [-0.2, 0) is 0 Å². The third kappa shape index (κ3) is 2.66. The predicted octanol–water partition coefficient (Wildman–Crippen LogP) is 2.89. The van der Waals surface area contributed by atoms with Crippen molar-refractivity contribution >= 4 is 39.5 Å². The molecule has 6 heteroatoms. The summed E-state index contributed by atoms with van der Waals surface area (Å²) in [5, 5.41) is 9.62. The standard InChI is InChI=1S/C15H9IN2O3/c16-10-6-8(5-9(7-10)15(20)21)13-17-12-4-2-1-3-11(12)14(19)18-13/h1-7H,(H,20,21)(H,17,18,19). The Morgan fingerprint density at radius 3 is 2.71 bits per heavy atom. The van der Waals surface area contributed by atoms with Gasteiger partial charge in [0.05, 0.1) is 16.5 Å². The van der Waals surface area contributed by atoms with Gasteiger partial charge < -0.3 is 10.1 Å². The second kappa shape index (κ2) is 5.28.